The van der Waals surface area contributed by atoms with E-state index in [2.05, 4.69) is 25.1 Å². The average molecular weight is 460 g/mol. The predicted octanol–water partition coefficient (Wildman–Crippen LogP) is 5.49. The van der Waals surface area contributed by atoms with E-state index in [9.17, 15) is 0 Å². The number of pyridine rings is 1. The first-order valence-electron chi connectivity index (χ1n) is 9.65. The van der Waals surface area contributed by atoms with Gasteiger partial charge in [-0.1, -0.05) is 53.5 Å². The molecule has 0 bridgehead atoms. The molecule has 1 aromatic carbocycles. The van der Waals surface area contributed by atoms with Gasteiger partial charge >= 0.3 is 0 Å². The summed E-state index contributed by atoms with van der Waals surface area (Å²) in [7, 11) is 0. The summed E-state index contributed by atoms with van der Waals surface area (Å²) in [5.41, 5.74) is 5.42. The highest BCUT2D eigenvalue weighted by Gasteiger charge is 2.07. The molecule has 5 aromatic heterocycles. The van der Waals surface area contributed by atoms with Gasteiger partial charge in [0.05, 0.1) is 23.8 Å². The lowest BCUT2D eigenvalue weighted by atomic mass is 10.2. The summed E-state index contributed by atoms with van der Waals surface area (Å²) in [5, 5.41) is 9.34. The van der Waals surface area contributed by atoms with Gasteiger partial charge in [0.1, 0.15) is 10.3 Å². The molecule has 0 atom stereocenters. The normalized spacial score (nSPS) is 10.8. The Labute approximate surface area is 192 Å². The largest absolute Gasteiger partial charge is 0.264 e. The highest BCUT2D eigenvalue weighted by molar-refractivity contribution is 6.29. The van der Waals surface area contributed by atoms with E-state index in [0.717, 1.165) is 33.8 Å². The molecule has 6 aromatic rings. The van der Waals surface area contributed by atoms with Gasteiger partial charge in [0.25, 0.3) is 0 Å². The second-order valence-corrected chi connectivity index (χ2v) is 7.52. The van der Waals surface area contributed by atoms with Crippen molar-refractivity contribution < 1.29 is 0 Å². The van der Waals surface area contributed by atoms with Crippen molar-refractivity contribution in [2.45, 2.75) is 0 Å². The Kier molecular flexibility index (Phi) is 5.49. The van der Waals surface area contributed by atoms with Crippen LogP contribution in [0.5, 0.6) is 0 Å². The van der Waals surface area contributed by atoms with Gasteiger partial charge in [0.15, 0.2) is 11.3 Å². The van der Waals surface area contributed by atoms with Crippen LogP contribution in [-0.4, -0.2) is 34.2 Å². The maximum Gasteiger partial charge on any atom is 0.154 e. The van der Waals surface area contributed by atoms with Crippen molar-refractivity contribution >= 4 is 34.5 Å². The van der Waals surface area contributed by atoms with Crippen LogP contribution in [0.2, 0.25) is 10.3 Å². The minimum atomic E-state index is 0.440. The van der Waals surface area contributed by atoms with Crippen LogP contribution in [0.4, 0.5) is 0 Å². The molecule has 0 aliphatic rings. The molecule has 0 saturated carbocycles. The van der Waals surface area contributed by atoms with E-state index in [0.29, 0.717) is 10.3 Å². The zero-order chi connectivity index (χ0) is 21.9. The highest BCUT2D eigenvalue weighted by Crippen LogP contribution is 2.21. The zero-order valence-corrected chi connectivity index (χ0v) is 18.1. The molecule has 0 N–H and O–H groups in total. The molecule has 6 rings (SSSR count). The van der Waals surface area contributed by atoms with Crippen molar-refractivity contribution in [3.05, 3.63) is 102 Å². The fourth-order valence-corrected chi connectivity index (χ4v) is 3.50. The van der Waals surface area contributed by atoms with Gasteiger partial charge in [0.2, 0.25) is 0 Å². The summed E-state index contributed by atoms with van der Waals surface area (Å²) < 4.78 is 3.46. The molecule has 0 amide bonds. The first-order valence-corrected chi connectivity index (χ1v) is 10.4. The Balaban J connectivity index is 0.000000135. The topological polar surface area (TPSA) is 73.3 Å². The van der Waals surface area contributed by atoms with E-state index in [-0.39, 0.29) is 0 Å². The molecule has 156 valence electrons. The van der Waals surface area contributed by atoms with E-state index < -0.39 is 0 Å². The van der Waals surface area contributed by atoms with Crippen molar-refractivity contribution in [2.75, 3.05) is 0 Å². The Bertz CT molecular complexity index is 1380. The highest BCUT2D eigenvalue weighted by atomic mass is 35.5. The molecule has 0 fully saturated rings. The van der Waals surface area contributed by atoms with Crippen LogP contribution >= 0.6 is 23.2 Å². The molecule has 0 spiro atoms. The summed E-state index contributed by atoms with van der Waals surface area (Å²) in [6.45, 7) is 0. The summed E-state index contributed by atoms with van der Waals surface area (Å²) in [5.74, 6) is 0. The third-order valence-corrected chi connectivity index (χ3v) is 5.09. The molecule has 0 aliphatic heterocycles. The smallest absolute Gasteiger partial charge is 0.154 e. The molecule has 0 saturated heterocycles. The molecule has 5 heterocycles. The minimum absolute atomic E-state index is 0.440. The molecule has 32 heavy (non-hydrogen) atoms. The fourth-order valence-electron chi connectivity index (χ4n) is 3.22. The monoisotopic (exact) mass is 459 g/mol. The number of halogens is 2. The first kappa shape index (κ1) is 20.1. The molecular weight excluding hydrogens is 445 g/mol. The molecule has 9 heteroatoms. The number of hydrogen-bond acceptors (Lipinski definition) is 5. The van der Waals surface area contributed by atoms with Gasteiger partial charge in [-0.15, -0.1) is 0 Å². The summed E-state index contributed by atoms with van der Waals surface area (Å²) in [4.78, 5) is 12.6. The SMILES string of the molecule is Clc1ccc2ncc(-c3ccccc3)n2n1.Clc1ccc2ncc(-c3cccnc3)n2n1. The van der Waals surface area contributed by atoms with Gasteiger partial charge in [-0.3, -0.25) is 4.98 Å². The van der Waals surface area contributed by atoms with Crippen molar-refractivity contribution in [3.63, 3.8) is 0 Å². The Morgan fingerprint density at radius 3 is 1.69 bits per heavy atom. The molecule has 0 unspecified atom stereocenters. The number of nitrogens with zero attached hydrogens (tertiary/aromatic N) is 7. The average Bonchev–Trinajstić information content (AvgIpc) is 3.44. The summed E-state index contributed by atoms with van der Waals surface area (Å²) in [6.07, 6.45) is 7.06. The Morgan fingerprint density at radius 1 is 0.562 bits per heavy atom. The van der Waals surface area contributed by atoms with Crippen LogP contribution in [0.15, 0.2) is 91.5 Å². The van der Waals surface area contributed by atoms with E-state index in [1.54, 1.807) is 46.0 Å². The third kappa shape index (κ3) is 4.03. The van der Waals surface area contributed by atoms with Gasteiger partial charge in [-0.25, -0.2) is 19.0 Å². The number of hydrogen-bond donors (Lipinski definition) is 0. The number of fused-ring (bicyclic) bond motifs is 2. The van der Waals surface area contributed by atoms with Crippen LogP contribution in [0.25, 0.3) is 33.8 Å². The molecule has 0 radical (unpaired) electrons. The van der Waals surface area contributed by atoms with Gasteiger partial charge < -0.3 is 0 Å². The lowest BCUT2D eigenvalue weighted by Crippen LogP contribution is -1.94. The van der Waals surface area contributed by atoms with E-state index in [1.807, 2.05) is 54.6 Å². The molecular formula is C23H15Cl2N7. The number of imidazole rings is 2. The van der Waals surface area contributed by atoms with Crippen LogP contribution in [-0.2, 0) is 0 Å². The van der Waals surface area contributed by atoms with Gasteiger partial charge in [-0.05, 0) is 36.4 Å². The Hall–Kier alpha value is -3.81. The summed E-state index contributed by atoms with van der Waals surface area (Å²) >= 11 is 11.7. The van der Waals surface area contributed by atoms with Gasteiger partial charge in [-0.2, -0.15) is 10.2 Å². The van der Waals surface area contributed by atoms with E-state index in [4.69, 9.17) is 23.2 Å². The second kappa shape index (κ2) is 8.74. The van der Waals surface area contributed by atoms with Crippen molar-refractivity contribution in [2.24, 2.45) is 0 Å². The van der Waals surface area contributed by atoms with Crippen molar-refractivity contribution in [1.29, 1.82) is 0 Å². The quantitative estimate of drug-likeness (QED) is 0.342. The number of aromatic nitrogens is 7. The summed E-state index contributed by atoms with van der Waals surface area (Å²) in [6, 6.07) is 21.0. The second-order valence-electron chi connectivity index (χ2n) is 6.75. The predicted molar refractivity (Wildman–Crippen MR) is 125 cm³/mol. The zero-order valence-electron chi connectivity index (χ0n) is 16.5. The van der Waals surface area contributed by atoms with E-state index in [1.165, 1.54) is 0 Å². The van der Waals surface area contributed by atoms with E-state index >= 15 is 0 Å². The maximum absolute atomic E-state index is 5.88. The number of benzene rings is 1. The number of rotatable bonds is 2. The standard InChI is InChI=1S/C12H8ClN3.C11H7ClN4/c13-11-6-7-12-14-8-10(16(12)15-11)9-4-2-1-3-5-9;12-10-3-4-11-14-7-9(16(11)15-10)8-2-1-5-13-6-8/h1-8H;1-7H. The van der Waals surface area contributed by atoms with Crippen LogP contribution in [0, 0.1) is 0 Å². The minimum Gasteiger partial charge on any atom is -0.264 e. The van der Waals surface area contributed by atoms with Crippen LogP contribution in [0.1, 0.15) is 0 Å². The molecule has 7 nitrogen and oxygen atoms in total. The van der Waals surface area contributed by atoms with Crippen LogP contribution in [0.3, 0.4) is 0 Å². The fraction of sp³-hybridized carbons (Fsp3) is 0. The Morgan fingerprint density at radius 2 is 1.12 bits per heavy atom. The third-order valence-electron chi connectivity index (χ3n) is 4.69. The lowest BCUT2D eigenvalue weighted by Gasteiger charge is -2.00. The lowest BCUT2D eigenvalue weighted by molar-refractivity contribution is 0.942. The van der Waals surface area contributed by atoms with Gasteiger partial charge in [0, 0.05) is 23.5 Å². The van der Waals surface area contributed by atoms with Crippen LogP contribution < -0.4 is 0 Å². The first-order chi connectivity index (χ1) is 15.7. The van der Waals surface area contributed by atoms with Crippen molar-refractivity contribution in [3.8, 4) is 22.5 Å². The van der Waals surface area contributed by atoms with Crippen molar-refractivity contribution in [1.82, 2.24) is 34.2 Å². The maximum atomic E-state index is 5.88. The molecule has 0 aliphatic carbocycles.